The molecule has 0 atom stereocenters. The molecule has 0 radical (unpaired) electrons. The van der Waals surface area contributed by atoms with Crippen molar-refractivity contribution in [2.75, 3.05) is 0 Å². The van der Waals surface area contributed by atoms with Gasteiger partial charge in [-0.2, -0.15) is 0 Å². The van der Waals surface area contributed by atoms with Gasteiger partial charge in [-0.3, -0.25) is 0 Å². The third-order valence-corrected chi connectivity index (χ3v) is 0. The second-order valence-electron chi connectivity index (χ2n) is 0.247. The SMILES string of the molecule is [CaH2].[F][Al]([F])[F].[LiH].[SrH2]. The van der Waals surface area contributed by atoms with E-state index in [2.05, 4.69) is 0 Å². The van der Waals surface area contributed by atoms with Gasteiger partial charge in [0.15, 0.2) is 0 Å². The van der Waals surface area contributed by atoms with Crippen LogP contribution in [0.5, 0.6) is 0 Å². The molecule has 0 bridgehead atoms. The summed E-state index contributed by atoms with van der Waals surface area (Å²) >= 11 is -4.64. The molecule has 0 N–H and O–H groups in total. The van der Waals surface area contributed by atoms with Crippen LogP contribution in [0.1, 0.15) is 0 Å². The van der Waals surface area contributed by atoms with E-state index in [9.17, 15) is 10.6 Å². The van der Waals surface area contributed by atoms with Crippen molar-refractivity contribution in [3.05, 3.63) is 0 Å². The van der Waals surface area contributed by atoms with E-state index in [-0.39, 0.29) is 102 Å². The molecule has 0 rings (SSSR count). The van der Waals surface area contributed by atoms with Crippen LogP contribution < -0.4 is 0 Å². The average molecular weight is 224 g/mol. The first-order valence-electron chi connectivity index (χ1n) is 0.655. The second kappa shape index (κ2) is 16.3. The topological polar surface area (TPSA) is 0 Å². The summed E-state index contributed by atoms with van der Waals surface area (Å²) in [6.07, 6.45) is 0. The average Bonchev–Trinajstić information content (AvgIpc) is 0.811. The van der Waals surface area contributed by atoms with E-state index in [0.29, 0.717) is 0 Å². The van der Waals surface area contributed by atoms with E-state index in [4.69, 9.17) is 0 Å². The Morgan fingerprint density at radius 2 is 1.00 bits per heavy atom. The Balaban J connectivity index is -0.0000000150. The molecule has 0 amide bonds. The number of hydrogen-bond acceptors (Lipinski definition) is 0. The van der Waals surface area contributed by atoms with E-state index in [1.54, 1.807) is 0 Å². The van der Waals surface area contributed by atoms with Gasteiger partial charge in [-0.15, -0.1) is 0 Å². The van der Waals surface area contributed by atoms with Gasteiger partial charge < -0.3 is 10.6 Å². The van der Waals surface area contributed by atoms with Gasteiger partial charge in [-0.05, 0) is 0 Å². The normalized spacial score (nSPS) is 3.86. The molecule has 0 saturated heterocycles. The predicted molar refractivity (Wildman–Crippen MR) is 33.3 cm³/mol. The fourth-order valence-corrected chi connectivity index (χ4v) is 0. The van der Waals surface area contributed by atoms with Crippen molar-refractivity contribution in [1.29, 1.82) is 0 Å². The van der Waals surface area contributed by atoms with Crippen molar-refractivity contribution < 1.29 is 10.6 Å². The summed E-state index contributed by atoms with van der Waals surface area (Å²) in [5, 5.41) is 0. The van der Waals surface area contributed by atoms with Crippen molar-refractivity contribution >= 4 is 118 Å². The quantitative estimate of drug-likeness (QED) is 0.434. The molecule has 0 heterocycles. The standard InChI is InChI=1S/Al.Ca.3FH.Li.Sr.5H/h;;3*1H;;;;;;;/q+3;;;;;;;;;;;/p-3. The zero-order valence-corrected chi connectivity index (χ0v) is 2.87. The molecular weight excluding hydrogens is 219 g/mol. The minimum absolute atomic E-state index is 0. The summed E-state index contributed by atoms with van der Waals surface area (Å²) in [6.45, 7) is 0. The molecule has 0 nitrogen and oxygen atoms in total. The third kappa shape index (κ3) is 42.3. The molecule has 0 aliphatic heterocycles. The number of hydrogen-bond donors (Lipinski definition) is 0. The van der Waals surface area contributed by atoms with Crippen molar-refractivity contribution in [3.8, 4) is 0 Å². The molecular formula is H5AlCaF3LiSr. The molecule has 7 heavy (non-hydrogen) atoms. The monoisotopic (exact) mass is 224 g/mol. The zero-order chi connectivity index (χ0) is 3.58. The summed E-state index contributed by atoms with van der Waals surface area (Å²) in [6, 6.07) is 0. The van der Waals surface area contributed by atoms with Gasteiger partial charge in [-0.25, -0.2) is 0 Å². The summed E-state index contributed by atoms with van der Waals surface area (Å²) in [5.41, 5.74) is 0. The van der Waals surface area contributed by atoms with E-state index in [0.717, 1.165) is 0 Å². The third-order valence-electron chi connectivity index (χ3n) is 0. The maximum absolute atomic E-state index is 9.81. The Labute approximate surface area is 125 Å². The maximum atomic E-state index is 9.81. The van der Waals surface area contributed by atoms with Crippen LogP contribution in [0.25, 0.3) is 0 Å². The van der Waals surface area contributed by atoms with E-state index >= 15 is 0 Å². The summed E-state index contributed by atoms with van der Waals surface area (Å²) < 4.78 is 29.4. The molecule has 0 aromatic heterocycles. The van der Waals surface area contributed by atoms with E-state index < -0.39 is 15.5 Å². The number of rotatable bonds is 0. The van der Waals surface area contributed by atoms with Crippen LogP contribution in [0.15, 0.2) is 0 Å². The Bertz CT molecular complexity index is 19.7. The van der Waals surface area contributed by atoms with Crippen LogP contribution in [-0.2, 0) is 0 Å². The molecule has 34 valence electrons. The minimum atomic E-state index is -4.64. The molecule has 0 saturated carbocycles. The van der Waals surface area contributed by atoms with E-state index in [1.165, 1.54) is 0 Å². The van der Waals surface area contributed by atoms with Gasteiger partial charge in [0, 0.05) is 0 Å². The summed E-state index contributed by atoms with van der Waals surface area (Å²) in [5.74, 6) is 0. The van der Waals surface area contributed by atoms with Gasteiger partial charge in [0.25, 0.3) is 0 Å². The van der Waals surface area contributed by atoms with Crippen LogP contribution >= 0.6 is 0 Å². The van der Waals surface area contributed by atoms with Crippen LogP contribution in [0.2, 0.25) is 0 Å². The van der Waals surface area contributed by atoms with Crippen molar-refractivity contribution in [1.82, 2.24) is 0 Å². The van der Waals surface area contributed by atoms with Crippen molar-refractivity contribution in [2.24, 2.45) is 0 Å². The Morgan fingerprint density at radius 3 is 1.00 bits per heavy atom. The Kier molecular flexibility index (Phi) is 52.3. The van der Waals surface area contributed by atoms with Gasteiger partial charge in [-0.1, -0.05) is 0 Å². The molecule has 0 fully saturated rings. The summed E-state index contributed by atoms with van der Waals surface area (Å²) in [7, 11) is 0. The van der Waals surface area contributed by atoms with Gasteiger partial charge >= 0.3 is 118 Å². The molecule has 0 spiro atoms. The zero-order valence-electron chi connectivity index (χ0n) is 1.71. The Morgan fingerprint density at radius 1 is 1.00 bits per heavy atom. The van der Waals surface area contributed by atoms with Gasteiger partial charge in [0.05, 0.1) is 0 Å². The fourth-order valence-electron chi connectivity index (χ4n) is 0. The van der Waals surface area contributed by atoms with Crippen LogP contribution in [-0.4, -0.2) is 118 Å². The number of halogens is 3. The molecule has 0 aromatic rings. The van der Waals surface area contributed by atoms with Crippen LogP contribution in [0.4, 0.5) is 10.6 Å². The summed E-state index contributed by atoms with van der Waals surface area (Å²) in [4.78, 5) is 0. The van der Waals surface area contributed by atoms with Gasteiger partial charge in [0.2, 0.25) is 0 Å². The molecule has 0 aliphatic carbocycles. The van der Waals surface area contributed by atoms with Crippen molar-refractivity contribution in [3.63, 3.8) is 0 Å². The van der Waals surface area contributed by atoms with Crippen LogP contribution in [0.3, 0.4) is 0 Å². The second-order valence-corrected chi connectivity index (χ2v) is 0.742. The predicted octanol–water partition coefficient (Wildman–Crippen LogP) is -1.60. The molecule has 0 unspecified atom stereocenters. The van der Waals surface area contributed by atoms with Crippen LogP contribution in [0, 0.1) is 0 Å². The molecule has 0 aromatic carbocycles. The van der Waals surface area contributed by atoms with E-state index in [1.807, 2.05) is 0 Å². The molecule has 0 aliphatic rings. The Hall–Kier alpha value is 3.66. The first-order valence-corrected chi connectivity index (χ1v) is 1.96. The first kappa shape index (κ1) is 22.4. The first-order chi connectivity index (χ1) is 1.73. The molecule has 7 heteroatoms. The van der Waals surface area contributed by atoms with Gasteiger partial charge in [0.1, 0.15) is 0 Å². The fraction of sp³-hybridized carbons (Fsp3) is 0. The van der Waals surface area contributed by atoms with Crippen molar-refractivity contribution in [2.45, 2.75) is 0 Å².